The normalized spacial score (nSPS) is 14.3. The Morgan fingerprint density at radius 3 is 2.45 bits per heavy atom. The van der Waals surface area contributed by atoms with E-state index in [0.29, 0.717) is 40.1 Å². The summed E-state index contributed by atoms with van der Waals surface area (Å²) in [7, 11) is 3.75. The number of ether oxygens (including phenoxy) is 2. The Morgan fingerprint density at radius 1 is 0.936 bits per heavy atom. The summed E-state index contributed by atoms with van der Waals surface area (Å²) >= 11 is 1.25. The molecule has 3 N–H and O–H groups in total. The third-order valence-corrected chi connectivity index (χ3v) is 8.67. The molecule has 2 amide bonds. The minimum atomic E-state index is -4.45. The van der Waals surface area contributed by atoms with Crippen LogP contribution in [0.2, 0.25) is 0 Å². The first-order chi connectivity index (χ1) is 22.6. The first kappa shape index (κ1) is 32.2. The van der Waals surface area contributed by atoms with Gasteiger partial charge < -0.3 is 29.9 Å². The fraction of sp³-hybridized carbons (Fsp3) is 0.312. The van der Waals surface area contributed by atoms with Gasteiger partial charge in [0.2, 0.25) is 0 Å². The summed E-state index contributed by atoms with van der Waals surface area (Å²) in [5, 5.41) is 9.57. The van der Waals surface area contributed by atoms with Gasteiger partial charge in [0.25, 0.3) is 0 Å². The van der Waals surface area contributed by atoms with Crippen molar-refractivity contribution in [1.82, 2.24) is 24.8 Å². The van der Waals surface area contributed by atoms with Crippen molar-refractivity contribution in [3.8, 4) is 11.5 Å². The van der Waals surface area contributed by atoms with Crippen molar-refractivity contribution in [2.24, 2.45) is 0 Å². The molecular formula is C32H33F3N8O3S. The average molecular weight is 667 g/mol. The minimum Gasteiger partial charge on any atom is -0.493 e. The first-order valence-corrected chi connectivity index (χ1v) is 15.8. The van der Waals surface area contributed by atoms with Gasteiger partial charge in [-0.25, -0.2) is 19.7 Å². The van der Waals surface area contributed by atoms with E-state index in [1.165, 1.54) is 29.8 Å². The van der Waals surface area contributed by atoms with E-state index in [0.717, 1.165) is 67.1 Å². The molecule has 2 aromatic heterocycles. The molecule has 11 nitrogen and oxygen atoms in total. The van der Waals surface area contributed by atoms with Crippen molar-refractivity contribution in [3.05, 3.63) is 66.5 Å². The predicted molar refractivity (Wildman–Crippen MR) is 177 cm³/mol. The van der Waals surface area contributed by atoms with Crippen LogP contribution in [0.1, 0.15) is 12.0 Å². The van der Waals surface area contributed by atoms with Crippen molar-refractivity contribution < 1.29 is 27.4 Å². The molecule has 6 rings (SSSR count). The minimum absolute atomic E-state index is 0.219. The van der Waals surface area contributed by atoms with Gasteiger partial charge in [0.15, 0.2) is 16.6 Å². The molecule has 15 heteroatoms. The number of hydrogen-bond acceptors (Lipinski definition) is 10. The van der Waals surface area contributed by atoms with E-state index in [-0.39, 0.29) is 5.69 Å². The molecule has 3 aromatic carbocycles. The number of fused-ring (bicyclic) bond motifs is 2. The summed E-state index contributed by atoms with van der Waals surface area (Å²) in [6.07, 6.45) is -2.06. The van der Waals surface area contributed by atoms with E-state index < -0.39 is 17.8 Å². The Morgan fingerprint density at radius 2 is 1.70 bits per heavy atom. The number of carbonyl (C=O) groups is 1. The summed E-state index contributed by atoms with van der Waals surface area (Å²) in [4.78, 5) is 30.6. The van der Waals surface area contributed by atoms with Gasteiger partial charge >= 0.3 is 12.2 Å². The van der Waals surface area contributed by atoms with Crippen LogP contribution < -0.4 is 25.4 Å². The van der Waals surface area contributed by atoms with E-state index in [4.69, 9.17) is 9.47 Å². The zero-order chi connectivity index (χ0) is 33.0. The zero-order valence-electron chi connectivity index (χ0n) is 25.7. The molecule has 1 aliphatic rings. The largest absolute Gasteiger partial charge is 0.493 e. The summed E-state index contributed by atoms with van der Waals surface area (Å²) in [6, 6.07) is 12.8. The average Bonchev–Trinajstić information content (AvgIpc) is 3.45. The number of nitrogens with zero attached hydrogens (tertiary/aromatic N) is 5. The molecule has 3 heterocycles. The highest BCUT2D eigenvalue weighted by molar-refractivity contribution is 7.22. The van der Waals surface area contributed by atoms with E-state index in [1.54, 1.807) is 7.11 Å². The Balaban J connectivity index is 1.10. The highest BCUT2D eigenvalue weighted by Crippen LogP contribution is 2.36. The van der Waals surface area contributed by atoms with Gasteiger partial charge in [-0.1, -0.05) is 11.3 Å². The molecule has 1 fully saturated rings. The third-order valence-electron chi connectivity index (χ3n) is 7.73. The highest BCUT2D eigenvalue weighted by atomic mass is 32.1. The van der Waals surface area contributed by atoms with E-state index >= 15 is 0 Å². The quantitative estimate of drug-likeness (QED) is 0.141. The number of nitrogens with one attached hydrogen (secondary N) is 3. The fourth-order valence-corrected chi connectivity index (χ4v) is 6.07. The molecule has 0 saturated carbocycles. The van der Waals surface area contributed by atoms with Gasteiger partial charge in [-0.3, -0.25) is 5.32 Å². The molecule has 0 aliphatic carbocycles. The lowest BCUT2D eigenvalue weighted by molar-refractivity contribution is -0.137. The van der Waals surface area contributed by atoms with Crippen molar-refractivity contribution in [3.63, 3.8) is 0 Å². The lowest BCUT2D eigenvalue weighted by atomic mass is 10.2. The van der Waals surface area contributed by atoms with Crippen LogP contribution in [0.4, 0.5) is 40.3 Å². The number of benzene rings is 3. The number of hydrogen-bond donors (Lipinski definition) is 3. The second kappa shape index (κ2) is 13.9. The molecule has 5 aromatic rings. The fourth-order valence-electron chi connectivity index (χ4n) is 5.17. The van der Waals surface area contributed by atoms with Crippen molar-refractivity contribution in [2.45, 2.75) is 12.6 Å². The molecule has 0 unspecified atom stereocenters. The summed E-state index contributed by atoms with van der Waals surface area (Å²) in [6.45, 7) is 5.86. The van der Waals surface area contributed by atoms with Crippen molar-refractivity contribution in [2.75, 3.05) is 69.4 Å². The number of carbonyl (C=O) groups excluding carboxylic acids is 1. The number of halogens is 3. The van der Waals surface area contributed by atoms with Crippen LogP contribution in [-0.4, -0.2) is 84.3 Å². The molecule has 47 heavy (non-hydrogen) atoms. The zero-order valence-corrected chi connectivity index (χ0v) is 26.5. The summed E-state index contributed by atoms with van der Waals surface area (Å²) in [5.41, 5.74) is 1.52. The van der Waals surface area contributed by atoms with Gasteiger partial charge in [0.1, 0.15) is 12.1 Å². The number of methoxy groups -OCH3 is 1. The predicted octanol–water partition coefficient (Wildman–Crippen LogP) is 6.67. The van der Waals surface area contributed by atoms with Crippen LogP contribution in [0.25, 0.3) is 21.1 Å². The van der Waals surface area contributed by atoms with E-state index in [2.05, 4.69) is 47.7 Å². The molecule has 0 radical (unpaired) electrons. The van der Waals surface area contributed by atoms with Gasteiger partial charge in [-0.05, 0) is 62.0 Å². The summed E-state index contributed by atoms with van der Waals surface area (Å²) in [5.74, 6) is 1.78. The lowest BCUT2D eigenvalue weighted by Gasteiger charge is -2.32. The number of piperazine rings is 1. The topological polar surface area (TPSA) is 117 Å². The molecule has 0 spiro atoms. The van der Waals surface area contributed by atoms with Gasteiger partial charge in [0.05, 0.1) is 35.0 Å². The number of urea groups is 1. The Kier molecular flexibility index (Phi) is 9.56. The first-order valence-electron chi connectivity index (χ1n) is 14.9. The number of anilines is 4. The van der Waals surface area contributed by atoms with Crippen LogP contribution in [0.15, 0.2) is 60.9 Å². The number of thiazole rings is 1. The molecule has 1 saturated heterocycles. The van der Waals surface area contributed by atoms with Gasteiger partial charge in [0, 0.05) is 55.6 Å². The van der Waals surface area contributed by atoms with Crippen LogP contribution >= 0.6 is 11.3 Å². The molecule has 246 valence electrons. The SMILES string of the molecule is COc1cc2c(Nc3ccc4nc(NC(=O)Nc5ccc(C(F)(F)F)cc5)sc4c3)ncnc2cc1OCCCN1CCN(C)CC1. The van der Waals surface area contributed by atoms with E-state index in [1.807, 2.05) is 30.3 Å². The maximum absolute atomic E-state index is 12.8. The van der Waals surface area contributed by atoms with Crippen LogP contribution in [0.5, 0.6) is 11.5 Å². The molecule has 0 bridgehead atoms. The number of aromatic nitrogens is 3. The smallest absolute Gasteiger partial charge is 0.416 e. The second-order valence-corrected chi connectivity index (χ2v) is 12.1. The lowest BCUT2D eigenvalue weighted by Crippen LogP contribution is -2.44. The monoisotopic (exact) mass is 666 g/mol. The molecule has 0 atom stereocenters. The van der Waals surface area contributed by atoms with Crippen molar-refractivity contribution in [1.29, 1.82) is 0 Å². The number of rotatable bonds is 10. The maximum Gasteiger partial charge on any atom is 0.416 e. The van der Waals surface area contributed by atoms with Crippen molar-refractivity contribution >= 4 is 60.8 Å². The van der Waals surface area contributed by atoms with Crippen LogP contribution in [0.3, 0.4) is 0 Å². The Hall–Kier alpha value is -4.73. The van der Waals surface area contributed by atoms with Crippen LogP contribution in [0, 0.1) is 0 Å². The maximum atomic E-state index is 12.8. The summed E-state index contributed by atoms with van der Waals surface area (Å²) < 4.78 is 51.0. The molecule has 1 aliphatic heterocycles. The van der Waals surface area contributed by atoms with Gasteiger partial charge in [-0.2, -0.15) is 13.2 Å². The van der Waals surface area contributed by atoms with Gasteiger partial charge in [-0.15, -0.1) is 0 Å². The van der Waals surface area contributed by atoms with E-state index in [9.17, 15) is 18.0 Å². The molecular weight excluding hydrogens is 633 g/mol. The Bertz CT molecular complexity index is 1860. The highest BCUT2D eigenvalue weighted by Gasteiger charge is 2.30. The second-order valence-electron chi connectivity index (χ2n) is 11.1. The standard InChI is InChI=1S/C32H33F3N8O3S/c1-42-11-13-43(14-12-42)10-3-15-46-27-18-25-23(17-26(27)45-2)29(37-19-36-25)38-22-8-9-24-28(16-22)47-31(40-24)41-30(44)39-21-6-4-20(5-7-21)32(33,34)35/h4-9,16-19H,3,10-15H2,1-2H3,(H,36,37,38)(H2,39,40,41,44). The third kappa shape index (κ3) is 7.99. The number of likely N-dealkylation sites (N-methyl/N-ethyl adjacent to an activating group) is 1. The van der Waals surface area contributed by atoms with Crippen LogP contribution in [-0.2, 0) is 6.18 Å². The Labute approximate surface area is 272 Å². The number of amides is 2. The number of alkyl halides is 3.